The Morgan fingerprint density at radius 1 is 1.00 bits per heavy atom. The van der Waals surface area contributed by atoms with Crippen LogP contribution in [0.3, 0.4) is 0 Å². The van der Waals surface area contributed by atoms with Crippen LogP contribution in [0.2, 0.25) is 0 Å². The molecule has 2 amide bonds. The van der Waals surface area contributed by atoms with Crippen LogP contribution in [-0.2, 0) is 11.3 Å². The van der Waals surface area contributed by atoms with Crippen molar-refractivity contribution in [2.24, 2.45) is 0 Å². The maximum absolute atomic E-state index is 12.8. The lowest BCUT2D eigenvalue weighted by Crippen LogP contribution is -2.48. The lowest BCUT2D eigenvalue weighted by molar-refractivity contribution is -0.133. The molecule has 0 unspecified atom stereocenters. The van der Waals surface area contributed by atoms with Crippen LogP contribution in [0.1, 0.15) is 28.9 Å². The molecular formula is C23H24N4O3. The third-order valence-corrected chi connectivity index (χ3v) is 5.56. The molecule has 4 rings (SSSR count). The number of carbonyl (C=O) groups is 2. The van der Waals surface area contributed by atoms with E-state index in [2.05, 4.69) is 10.4 Å². The molecule has 2 aromatic carbocycles. The van der Waals surface area contributed by atoms with Crippen molar-refractivity contribution in [1.82, 2.24) is 20.0 Å². The van der Waals surface area contributed by atoms with Gasteiger partial charge >= 0.3 is 0 Å². The number of hydrogen-bond acceptors (Lipinski definition) is 4. The minimum atomic E-state index is -0.255. The van der Waals surface area contributed by atoms with Crippen molar-refractivity contribution in [3.63, 3.8) is 0 Å². The van der Waals surface area contributed by atoms with E-state index in [0.717, 1.165) is 11.1 Å². The average Bonchev–Trinajstić information content (AvgIpc) is 2.78. The zero-order chi connectivity index (χ0) is 21.1. The summed E-state index contributed by atoms with van der Waals surface area (Å²) in [6, 6.07) is 16.4. The van der Waals surface area contributed by atoms with Crippen LogP contribution in [0.4, 0.5) is 0 Å². The van der Waals surface area contributed by atoms with Gasteiger partial charge in [-0.2, -0.15) is 5.10 Å². The van der Waals surface area contributed by atoms with Gasteiger partial charge in [-0.05, 0) is 38.0 Å². The Morgan fingerprint density at radius 2 is 1.63 bits per heavy atom. The van der Waals surface area contributed by atoms with Crippen LogP contribution < -0.4 is 10.9 Å². The highest BCUT2D eigenvalue weighted by molar-refractivity contribution is 5.94. The average molecular weight is 404 g/mol. The van der Waals surface area contributed by atoms with Gasteiger partial charge in [-0.3, -0.25) is 14.4 Å². The zero-order valence-corrected chi connectivity index (χ0v) is 16.9. The fourth-order valence-electron chi connectivity index (χ4n) is 3.87. The molecule has 1 aliphatic heterocycles. The summed E-state index contributed by atoms with van der Waals surface area (Å²) in [5.74, 6) is -0.227. The third-order valence-electron chi connectivity index (χ3n) is 5.56. The Hall–Kier alpha value is -3.48. The molecule has 0 spiro atoms. The number of rotatable bonds is 4. The molecule has 3 aromatic rings. The fourth-order valence-corrected chi connectivity index (χ4v) is 3.87. The summed E-state index contributed by atoms with van der Waals surface area (Å²) in [5.41, 5.74) is 1.10. The summed E-state index contributed by atoms with van der Waals surface area (Å²) in [7, 11) is 0. The lowest BCUT2D eigenvalue weighted by Gasteiger charge is -2.32. The van der Waals surface area contributed by atoms with E-state index in [9.17, 15) is 14.4 Å². The second kappa shape index (κ2) is 8.49. The fraction of sp³-hybridized carbons (Fsp3) is 0.304. The summed E-state index contributed by atoms with van der Waals surface area (Å²) in [6.07, 6.45) is 1.37. The predicted molar refractivity (Wildman–Crippen MR) is 114 cm³/mol. The molecule has 0 bridgehead atoms. The van der Waals surface area contributed by atoms with E-state index in [1.807, 2.05) is 43.3 Å². The highest BCUT2D eigenvalue weighted by Gasteiger charge is 2.25. The second-order valence-corrected chi connectivity index (χ2v) is 7.59. The number of nitrogens with zero attached hydrogens (tertiary/aromatic N) is 3. The van der Waals surface area contributed by atoms with Gasteiger partial charge in [0.05, 0.1) is 11.1 Å². The molecule has 0 radical (unpaired) electrons. The quantitative estimate of drug-likeness (QED) is 0.722. The van der Waals surface area contributed by atoms with Crippen molar-refractivity contribution in [1.29, 1.82) is 0 Å². The van der Waals surface area contributed by atoms with Gasteiger partial charge in [-0.25, -0.2) is 4.68 Å². The van der Waals surface area contributed by atoms with Gasteiger partial charge in [-0.1, -0.05) is 36.4 Å². The molecule has 7 nitrogen and oxygen atoms in total. The number of benzene rings is 2. The maximum Gasteiger partial charge on any atom is 0.275 e. The Balaban J connectivity index is 1.37. The summed E-state index contributed by atoms with van der Waals surface area (Å²) < 4.78 is 1.25. The minimum Gasteiger partial charge on any atom is -0.349 e. The Labute approximate surface area is 174 Å². The number of amides is 2. The maximum atomic E-state index is 12.8. The van der Waals surface area contributed by atoms with E-state index >= 15 is 0 Å². The lowest BCUT2D eigenvalue weighted by atomic mass is 10.0. The summed E-state index contributed by atoms with van der Waals surface area (Å²) >= 11 is 0. The Kier molecular flexibility index (Phi) is 5.61. The highest BCUT2D eigenvalue weighted by atomic mass is 16.2. The molecule has 0 atom stereocenters. The number of aromatic nitrogens is 2. The largest absolute Gasteiger partial charge is 0.349 e. The monoisotopic (exact) mass is 404 g/mol. The highest BCUT2D eigenvalue weighted by Crippen LogP contribution is 2.14. The normalized spacial score (nSPS) is 14.6. The first-order valence-electron chi connectivity index (χ1n) is 10.1. The standard InChI is InChI=1S/C23H24N4O3/c1-16-19-9-5-6-10-20(19)23(30)27(25-16)15-21(28)26-13-11-18(12-14-26)24-22(29)17-7-3-2-4-8-17/h2-10,18H,11-15H2,1H3,(H,24,29). The molecule has 1 fully saturated rings. The first kappa shape index (κ1) is 19.8. The van der Waals surface area contributed by atoms with E-state index in [-0.39, 0.29) is 30.0 Å². The summed E-state index contributed by atoms with van der Waals surface area (Å²) in [4.78, 5) is 39.5. The van der Waals surface area contributed by atoms with E-state index in [1.165, 1.54) is 4.68 Å². The van der Waals surface area contributed by atoms with Gasteiger partial charge in [0, 0.05) is 30.1 Å². The summed E-state index contributed by atoms with van der Waals surface area (Å²) in [6.45, 7) is 2.84. The minimum absolute atomic E-state index is 0.0329. The topological polar surface area (TPSA) is 84.3 Å². The third kappa shape index (κ3) is 4.10. The van der Waals surface area contributed by atoms with E-state index in [4.69, 9.17) is 0 Å². The van der Waals surface area contributed by atoms with Crippen molar-refractivity contribution >= 4 is 22.6 Å². The van der Waals surface area contributed by atoms with E-state index in [0.29, 0.717) is 36.9 Å². The van der Waals surface area contributed by atoms with Gasteiger partial charge in [0.15, 0.2) is 0 Å². The molecule has 154 valence electrons. The van der Waals surface area contributed by atoms with E-state index in [1.54, 1.807) is 23.1 Å². The first-order chi connectivity index (χ1) is 14.5. The molecule has 0 aliphatic carbocycles. The number of carbonyl (C=O) groups excluding carboxylic acids is 2. The van der Waals surface area contributed by atoms with Crippen molar-refractivity contribution in [3.8, 4) is 0 Å². The van der Waals surface area contributed by atoms with Gasteiger partial charge in [0.2, 0.25) is 5.91 Å². The van der Waals surface area contributed by atoms with Crippen LogP contribution in [0.15, 0.2) is 59.4 Å². The van der Waals surface area contributed by atoms with Crippen molar-refractivity contribution in [3.05, 3.63) is 76.2 Å². The number of likely N-dealkylation sites (tertiary alicyclic amines) is 1. The molecule has 30 heavy (non-hydrogen) atoms. The number of hydrogen-bond donors (Lipinski definition) is 1. The number of aryl methyl sites for hydroxylation is 1. The molecular weight excluding hydrogens is 380 g/mol. The number of nitrogens with one attached hydrogen (secondary N) is 1. The second-order valence-electron chi connectivity index (χ2n) is 7.59. The van der Waals surface area contributed by atoms with Crippen LogP contribution >= 0.6 is 0 Å². The van der Waals surface area contributed by atoms with Gasteiger partial charge in [-0.15, -0.1) is 0 Å². The van der Waals surface area contributed by atoms with E-state index < -0.39 is 0 Å². The SMILES string of the molecule is Cc1nn(CC(=O)N2CCC(NC(=O)c3ccccc3)CC2)c(=O)c2ccccc12. The number of piperidine rings is 1. The molecule has 2 heterocycles. The molecule has 0 saturated carbocycles. The predicted octanol–water partition coefficient (Wildman–Crippen LogP) is 2.13. The van der Waals surface area contributed by atoms with Crippen molar-refractivity contribution < 1.29 is 9.59 Å². The van der Waals surface area contributed by atoms with Crippen LogP contribution in [0.5, 0.6) is 0 Å². The van der Waals surface area contributed by atoms with Crippen LogP contribution in [-0.4, -0.2) is 45.6 Å². The smallest absolute Gasteiger partial charge is 0.275 e. The molecule has 1 N–H and O–H groups in total. The molecule has 1 aromatic heterocycles. The Morgan fingerprint density at radius 3 is 2.33 bits per heavy atom. The summed E-state index contributed by atoms with van der Waals surface area (Å²) in [5, 5.41) is 8.74. The van der Waals surface area contributed by atoms with Gasteiger partial charge in [0.1, 0.15) is 6.54 Å². The Bertz CT molecular complexity index is 1130. The van der Waals surface area contributed by atoms with Gasteiger partial charge in [0.25, 0.3) is 11.5 Å². The van der Waals surface area contributed by atoms with Crippen molar-refractivity contribution in [2.45, 2.75) is 32.4 Å². The van der Waals surface area contributed by atoms with Crippen molar-refractivity contribution in [2.75, 3.05) is 13.1 Å². The van der Waals surface area contributed by atoms with Gasteiger partial charge < -0.3 is 10.2 Å². The van der Waals surface area contributed by atoms with Crippen LogP contribution in [0, 0.1) is 6.92 Å². The number of fused-ring (bicyclic) bond motifs is 1. The zero-order valence-electron chi connectivity index (χ0n) is 16.9. The molecule has 1 saturated heterocycles. The molecule has 1 aliphatic rings. The molecule has 7 heteroatoms. The first-order valence-corrected chi connectivity index (χ1v) is 10.1. The van der Waals surface area contributed by atoms with Crippen LogP contribution in [0.25, 0.3) is 10.8 Å².